The van der Waals surface area contributed by atoms with Gasteiger partial charge in [0.2, 0.25) is 5.79 Å². The fourth-order valence-electron chi connectivity index (χ4n) is 1.83. The van der Waals surface area contributed by atoms with Crippen LogP contribution in [0, 0.1) is 0 Å². The monoisotopic (exact) mass is 306 g/mol. The number of alkyl halides is 1. The van der Waals surface area contributed by atoms with Crippen LogP contribution in [0.4, 0.5) is 0 Å². The number of carbonyl (C=O) groups excluding carboxylic acids is 1. The molecule has 1 atom stereocenters. The van der Waals surface area contributed by atoms with Gasteiger partial charge in [-0.05, 0) is 13.0 Å². The lowest BCUT2D eigenvalue weighted by atomic mass is 10.0. The summed E-state index contributed by atoms with van der Waals surface area (Å²) in [4.78, 5) is 11.1. The SMILES string of the molecule is CC1(O)COC(CCBr)(C2C=CC(=O)O2)OC1. The fraction of sp³-hybridized carbons (Fsp3) is 0.727. The lowest BCUT2D eigenvalue weighted by Crippen LogP contribution is -2.57. The van der Waals surface area contributed by atoms with Crippen molar-refractivity contribution in [3.8, 4) is 0 Å². The summed E-state index contributed by atoms with van der Waals surface area (Å²) in [5.41, 5.74) is -0.998. The molecule has 0 aromatic carbocycles. The lowest BCUT2D eigenvalue weighted by molar-refractivity contribution is -0.337. The minimum absolute atomic E-state index is 0.155. The van der Waals surface area contributed by atoms with Gasteiger partial charge in [0.05, 0.1) is 13.2 Å². The minimum Gasteiger partial charge on any atom is -0.449 e. The molecule has 0 amide bonds. The zero-order chi connectivity index (χ0) is 12.5. The van der Waals surface area contributed by atoms with Crippen LogP contribution >= 0.6 is 15.9 Å². The number of hydrogen-bond acceptors (Lipinski definition) is 5. The minimum atomic E-state index is -0.998. The Kier molecular flexibility index (Phi) is 3.58. The van der Waals surface area contributed by atoms with Crippen LogP contribution in [0.2, 0.25) is 0 Å². The van der Waals surface area contributed by atoms with E-state index in [1.807, 2.05) is 0 Å². The van der Waals surface area contributed by atoms with Gasteiger partial charge in [-0.25, -0.2) is 4.79 Å². The van der Waals surface area contributed by atoms with Crippen LogP contribution in [0.3, 0.4) is 0 Å². The summed E-state index contributed by atoms with van der Waals surface area (Å²) in [5, 5.41) is 10.4. The van der Waals surface area contributed by atoms with Crippen LogP contribution in [0.25, 0.3) is 0 Å². The van der Waals surface area contributed by atoms with Gasteiger partial charge in [-0.2, -0.15) is 0 Å². The van der Waals surface area contributed by atoms with E-state index in [-0.39, 0.29) is 13.2 Å². The number of ether oxygens (including phenoxy) is 3. The van der Waals surface area contributed by atoms with Gasteiger partial charge in [0.25, 0.3) is 0 Å². The van der Waals surface area contributed by atoms with E-state index in [2.05, 4.69) is 15.9 Å². The average Bonchev–Trinajstić information content (AvgIpc) is 2.69. The van der Waals surface area contributed by atoms with E-state index < -0.39 is 23.5 Å². The predicted molar refractivity (Wildman–Crippen MR) is 62.7 cm³/mol. The second-order valence-corrected chi connectivity index (χ2v) is 5.33. The molecule has 1 saturated heterocycles. The van der Waals surface area contributed by atoms with Gasteiger partial charge >= 0.3 is 5.97 Å². The molecular weight excluding hydrogens is 292 g/mol. The molecule has 96 valence electrons. The molecule has 6 heteroatoms. The number of rotatable bonds is 3. The Hall–Kier alpha value is -0.430. The van der Waals surface area contributed by atoms with Crippen LogP contribution in [-0.2, 0) is 19.0 Å². The van der Waals surface area contributed by atoms with E-state index in [0.29, 0.717) is 11.8 Å². The molecule has 1 fully saturated rings. The Balaban J connectivity index is 2.11. The molecule has 2 heterocycles. The van der Waals surface area contributed by atoms with Gasteiger partial charge in [-0.1, -0.05) is 15.9 Å². The molecule has 0 saturated carbocycles. The second-order valence-electron chi connectivity index (χ2n) is 4.54. The van der Waals surface area contributed by atoms with Crippen molar-refractivity contribution in [2.45, 2.75) is 30.8 Å². The van der Waals surface area contributed by atoms with Gasteiger partial charge in [0, 0.05) is 17.8 Å². The first kappa shape index (κ1) is 13.0. The van der Waals surface area contributed by atoms with Crippen molar-refractivity contribution in [1.82, 2.24) is 0 Å². The highest BCUT2D eigenvalue weighted by Crippen LogP contribution is 2.34. The van der Waals surface area contributed by atoms with Crippen LogP contribution in [0.5, 0.6) is 0 Å². The molecule has 5 nitrogen and oxygen atoms in total. The molecular formula is C11H15BrO5. The van der Waals surface area contributed by atoms with Crippen LogP contribution < -0.4 is 0 Å². The lowest BCUT2D eigenvalue weighted by Gasteiger charge is -2.44. The number of carbonyl (C=O) groups is 1. The average molecular weight is 307 g/mol. The van der Waals surface area contributed by atoms with Gasteiger partial charge in [0.1, 0.15) is 5.60 Å². The Morgan fingerprint density at radius 2 is 2.18 bits per heavy atom. The van der Waals surface area contributed by atoms with Crippen molar-refractivity contribution >= 4 is 21.9 Å². The van der Waals surface area contributed by atoms with Gasteiger partial charge in [0.15, 0.2) is 6.10 Å². The van der Waals surface area contributed by atoms with E-state index in [1.54, 1.807) is 13.0 Å². The summed E-state index contributed by atoms with van der Waals surface area (Å²) < 4.78 is 16.4. The molecule has 0 aromatic rings. The third kappa shape index (κ3) is 2.70. The molecule has 1 N–H and O–H groups in total. The first-order valence-corrected chi connectivity index (χ1v) is 6.55. The summed E-state index contributed by atoms with van der Waals surface area (Å²) in [6.45, 7) is 1.95. The zero-order valence-electron chi connectivity index (χ0n) is 9.52. The Labute approximate surface area is 108 Å². The van der Waals surface area contributed by atoms with Gasteiger partial charge in [-0.15, -0.1) is 0 Å². The third-order valence-electron chi connectivity index (χ3n) is 2.78. The number of aliphatic hydroxyl groups is 1. The van der Waals surface area contributed by atoms with Gasteiger partial charge < -0.3 is 19.3 Å². The van der Waals surface area contributed by atoms with Crippen molar-refractivity contribution in [2.24, 2.45) is 0 Å². The van der Waals surface area contributed by atoms with E-state index in [9.17, 15) is 9.90 Å². The Bertz CT molecular complexity index is 329. The number of esters is 1. The largest absolute Gasteiger partial charge is 0.449 e. The van der Waals surface area contributed by atoms with E-state index in [1.165, 1.54) is 6.08 Å². The topological polar surface area (TPSA) is 65.0 Å². The second kappa shape index (κ2) is 4.68. The first-order chi connectivity index (χ1) is 7.97. The van der Waals surface area contributed by atoms with Crippen LogP contribution in [0.1, 0.15) is 13.3 Å². The molecule has 17 heavy (non-hydrogen) atoms. The molecule has 0 aliphatic carbocycles. The summed E-state index contributed by atoms with van der Waals surface area (Å²) in [6, 6.07) is 0. The maximum absolute atomic E-state index is 11.1. The molecule has 0 aromatic heterocycles. The van der Waals surface area contributed by atoms with Crippen LogP contribution in [0.15, 0.2) is 12.2 Å². The van der Waals surface area contributed by atoms with Crippen molar-refractivity contribution in [3.05, 3.63) is 12.2 Å². The van der Waals surface area contributed by atoms with Crippen molar-refractivity contribution in [3.63, 3.8) is 0 Å². The molecule has 0 bridgehead atoms. The summed E-state index contributed by atoms with van der Waals surface area (Å²) >= 11 is 3.32. The molecule has 1 unspecified atom stereocenters. The zero-order valence-corrected chi connectivity index (χ0v) is 11.1. The highest BCUT2D eigenvalue weighted by Gasteiger charge is 2.49. The van der Waals surface area contributed by atoms with E-state index >= 15 is 0 Å². The highest BCUT2D eigenvalue weighted by atomic mass is 79.9. The summed E-state index contributed by atoms with van der Waals surface area (Å²) in [5.74, 6) is -1.39. The number of halogens is 1. The maximum Gasteiger partial charge on any atom is 0.331 e. The van der Waals surface area contributed by atoms with Crippen molar-refractivity contribution in [1.29, 1.82) is 0 Å². The summed E-state index contributed by atoms with van der Waals surface area (Å²) in [6.07, 6.45) is 2.97. The Morgan fingerprint density at radius 3 is 2.65 bits per heavy atom. The predicted octanol–water partition coefficient (Wildman–Crippen LogP) is 0.747. The standard InChI is InChI=1S/C11H15BrO5/c1-10(14)6-15-11(4-5-12,16-7-10)8-2-3-9(13)17-8/h2-3,8,14H,4-7H2,1H3. The van der Waals surface area contributed by atoms with E-state index in [4.69, 9.17) is 14.2 Å². The molecule has 0 radical (unpaired) electrons. The van der Waals surface area contributed by atoms with E-state index in [0.717, 1.165) is 0 Å². The normalized spacial score (nSPS) is 41.6. The van der Waals surface area contributed by atoms with Gasteiger partial charge in [-0.3, -0.25) is 0 Å². The molecule has 0 spiro atoms. The molecule has 2 rings (SSSR count). The smallest absolute Gasteiger partial charge is 0.331 e. The number of cyclic esters (lactones) is 1. The molecule has 2 aliphatic heterocycles. The highest BCUT2D eigenvalue weighted by molar-refractivity contribution is 9.09. The number of hydrogen-bond donors (Lipinski definition) is 1. The van der Waals surface area contributed by atoms with Crippen molar-refractivity contribution in [2.75, 3.05) is 18.5 Å². The van der Waals surface area contributed by atoms with Crippen LogP contribution in [-0.4, -0.2) is 47.1 Å². The van der Waals surface area contributed by atoms with Crippen molar-refractivity contribution < 1.29 is 24.1 Å². The first-order valence-electron chi connectivity index (χ1n) is 5.43. The third-order valence-corrected chi connectivity index (χ3v) is 3.18. The Morgan fingerprint density at radius 1 is 1.53 bits per heavy atom. The molecule has 2 aliphatic rings. The maximum atomic E-state index is 11.1. The summed E-state index contributed by atoms with van der Waals surface area (Å²) in [7, 11) is 0. The quantitative estimate of drug-likeness (QED) is 0.616. The fourth-order valence-corrected chi connectivity index (χ4v) is 2.38.